The van der Waals surface area contributed by atoms with Crippen LogP contribution in [0.4, 0.5) is 5.69 Å². The molecule has 0 saturated carbocycles. The van der Waals surface area contributed by atoms with Crippen molar-refractivity contribution in [1.29, 1.82) is 0 Å². The van der Waals surface area contributed by atoms with Gasteiger partial charge in [0.15, 0.2) is 16.6 Å². The second kappa shape index (κ2) is 8.71. The standard InChI is InChI=1S/C21H21ClN2O4S/c1-5-28-15-8-6-14(7-9-15)24-20(25)17(23(2)21(24)29)10-13-11-18(26-3)19(27-4)12-16(13)22/h6-12H,5H2,1-4H3/b17-10-. The highest BCUT2D eigenvalue weighted by atomic mass is 35.5. The molecule has 0 atom stereocenters. The zero-order valence-corrected chi connectivity index (χ0v) is 18.1. The van der Waals surface area contributed by atoms with Gasteiger partial charge in [0.25, 0.3) is 5.91 Å². The first kappa shape index (κ1) is 21.0. The van der Waals surface area contributed by atoms with E-state index in [9.17, 15) is 4.79 Å². The molecule has 0 bridgehead atoms. The maximum absolute atomic E-state index is 13.1. The highest BCUT2D eigenvalue weighted by Gasteiger charge is 2.37. The van der Waals surface area contributed by atoms with Gasteiger partial charge in [0.05, 0.1) is 31.5 Å². The Morgan fingerprint density at radius 3 is 2.31 bits per heavy atom. The van der Waals surface area contributed by atoms with Crippen molar-refractivity contribution in [1.82, 2.24) is 4.90 Å². The number of likely N-dealkylation sites (N-methyl/N-ethyl adjacent to an activating group) is 1. The number of nitrogens with zero attached hydrogens (tertiary/aromatic N) is 2. The average Bonchev–Trinajstić information content (AvgIpc) is 2.93. The van der Waals surface area contributed by atoms with E-state index >= 15 is 0 Å². The van der Waals surface area contributed by atoms with Crippen LogP contribution in [0.3, 0.4) is 0 Å². The van der Waals surface area contributed by atoms with E-state index in [1.165, 1.54) is 19.1 Å². The number of amides is 1. The van der Waals surface area contributed by atoms with Crippen molar-refractivity contribution < 1.29 is 19.0 Å². The zero-order chi connectivity index (χ0) is 21.1. The van der Waals surface area contributed by atoms with E-state index < -0.39 is 0 Å². The smallest absolute Gasteiger partial charge is 0.281 e. The lowest BCUT2D eigenvalue weighted by atomic mass is 10.1. The van der Waals surface area contributed by atoms with Gasteiger partial charge in [-0.25, -0.2) is 0 Å². The van der Waals surface area contributed by atoms with E-state index in [-0.39, 0.29) is 5.91 Å². The molecule has 152 valence electrons. The quantitative estimate of drug-likeness (QED) is 0.499. The number of thiocarbonyl (C=S) groups is 1. The Kier molecular flexibility index (Phi) is 6.30. The molecule has 0 aromatic heterocycles. The minimum atomic E-state index is -0.243. The molecule has 0 spiro atoms. The number of hydrogen-bond acceptors (Lipinski definition) is 5. The number of carbonyl (C=O) groups is 1. The third-order valence-electron chi connectivity index (χ3n) is 4.46. The van der Waals surface area contributed by atoms with Crippen LogP contribution >= 0.6 is 23.8 Å². The molecule has 3 rings (SSSR count). The highest BCUT2D eigenvalue weighted by molar-refractivity contribution is 7.80. The van der Waals surface area contributed by atoms with Gasteiger partial charge in [0.1, 0.15) is 11.4 Å². The van der Waals surface area contributed by atoms with Crippen LogP contribution in [0.15, 0.2) is 42.1 Å². The largest absolute Gasteiger partial charge is 0.494 e. The van der Waals surface area contributed by atoms with Gasteiger partial charge >= 0.3 is 0 Å². The first-order valence-corrected chi connectivity index (χ1v) is 9.68. The minimum absolute atomic E-state index is 0.243. The summed E-state index contributed by atoms with van der Waals surface area (Å²) in [4.78, 5) is 16.3. The van der Waals surface area contributed by atoms with Crippen LogP contribution in [0.5, 0.6) is 17.2 Å². The lowest BCUT2D eigenvalue weighted by molar-refractivity contribution is -0.114. The molecule has 6 nitrogen and oxygen atoms in total. The number of methoxy groups -OCH3 is 2. The maximum Gasteiger partial charge on any atom is 0.281 e. The van der Waals surface area contributed by atoms with Crippen LogP contribution in [0.25, 0.3) is 6.08 Å². The summed E-state index contributed by atoms with van der Waals surface area (Å²) in [6.07, 6.45) is 1.69. The van der Waals surface area contributed by atoms with E-state index in [4.69, 9.17) is 38.0 Å². The van der Waals surface area contributed by atoms with Crippen molar-refractivity contribution in [3.63, 3.8) is 0 Å². The number of anilines is 1. The summed E-state index contributed by atoms with van der Waals surface area (Å²) in [5.74, 6) is 1.52. The first-order valence-electron chi connectivity index (χ1n) is 8.89. The van der Waals surface area contributed by atoms with E-state index in [1.54, 1.807) is 42.3 Å². The Labute approximate surface area is 180 Å². The third kappa shape index (κ3) is 4.02. The summed E-state index contributed by atoms with van der Waals surface area (Å²) in [5, 5.41) is 0.809. The van der Waals surface area contributed by atoms with Crippen molar-refractivity contribution >= 4 is 46.6 Å². The molecular formula is C21H21ClN2O4S. The summed E-state index contributed by atoms with van der Waals surface area (Å²) in [5.41, 5.74) is 1.69. The van der Waals surface area contributed by atoms with Crippen molar-refractivity contribution in [2.24, 2.45) is 0 Å². The Balaban J connectivity index is 1.97. The van der Waals surface area contributed by atoms with E-state index in [2.05, 4.69) is 0 Å². The van der Waals surface area contributed by atoms with Gasteiger partial charge in [0, 0.05) is 13.1 Å². The Morgan fingerprint density at radius 2 is 1.72 bits per heavy atom. The molecule has 0 N–H and O–H groups in total. The molecule has 0 radical (unpaired) electrons. The molecule has 1 amide bonds. The summed E-state index contributed by atoms with van der Waals surface area (Å²) in [6, 6.07) is 10.6. The van der Waals surface area contributed by atoms with Crippen molar-refractivity contribution in [3.05, 3.63) is 52.7 Å². The van der Waals surface area contributed by atoms with Crippen molar-refractivity contribution in [2.45, 2.75) is 6.92 Å². The summed E-state index contributed by atoms with van der Waals surface area (Å²) < 4.78 is 16.0. The van der Waals surface area contributed by atoms with Gasteiger partial charge in [-0.15, -0.1) is 0 Å². The molecule has 1 aliphatic rings. The molecule has 1 heterocycles. The topological polar surface area (TPSA) is 51.2 Å². The molecule has 2 aromatic rings. The lowest BCUT2D eigenvalue weighted by Gasteiger charge is -2.16. The highest BCUT2D eigenvalue weighted by Crippen LogP contribution is 2.36. The summed E-state index contributed by atoms with van der Waals surface area (Å²) >= 11 is 11.9. The number of hydrogen-bond donors (Lipinski definition) is 0. The van der Waals surface area contributed by atoms with Gasteiger partial charge in [-0.1, -0.05) is 11.6 Å². The summed E-state index contributed by atoms with van der Waals surface area (Å²) in [7, 11) is 4.82. The van der Waals surface area contributed by atoms with E-state index in [1.807, 2.05) is 19.1 Å². The predicted octanol–water partition coefficient (Wildman–Crippen LogP) is 4.36. The van der Waals surface area contributed by atoms with Crippen LogP contribution < -0.4 is 19.1 Å². The number of carbonyl (C=O) groups excluding carboxylic acids is 1. The van der Waals surface area contributed by atoms with Gasteiger partial charge in [0.2, 0.25) is 0 Å². The number of halogens is 1. The molecule has 1 aliphatic heterocycles. The second-order valence-corrected chi connectivity index (χ2v) is 6.94. The second-order valence-electron chi connectivity index (χ2n) is 6.17. The number of benzene rings is 2. The van der Waals surface area contributed by atoms with Gasteiger partial charge in [-0.2, -0.15) is 0 Å². The molecule has 2 aromatic carbocycles. The molecule has 0 unspecified atom stereocenters. The van der Waals surface area contributed by atoms with Crippen LogP contribution in [0, 0.1) is 0 Å². The fourth-order valence-corrected chi connectivity index (χ4v) is 3.46. The third-order valence-corrected chi connectivity index (χ3v) is 5.25. The van der Waals surface area contributed by atoms with Crippen LogP contribution in [-0.4, -0.2) is 43.8 Å². The molecular weight excluding hydrogens is 412 g/mol. The van der Waals surface area contributed by atoms with E-state index in [0.717, 1.165) is 5.75 Å². The molecule has 1 fully saturated rings. The van der Waals surface area contributed by atoms with Crippen molar-refractivity contribution in [3.8, 4) is 17.2 Å². The summed E-state index contributed by atoms with van der Waals surface area (Å²) in [6.45, 7) is 2.49. The van der Waals surface area contributed by atoms with E-state index in [0.29, 0.717) is 45.2 Å². The predicted molar refractivity (Wildman–Crippen MR) is 118 cm³/mol. The molecule has 29 heavy (non-hydrogen) atoms. The fourth-order valence-electron chi connectivity index (χ4n) is 2.97. The Bertz CT molecular complexity index is 975. The van der Waals surface area contributed by atoms with Crippen LogP contribution in [-0.2, 0) is 4.79 Å². The Hall–Kier alpha value is -2.77. The van der Waals surface area contributed by atoms with Gasteiger partial charge < -0.3 is 19.1 Å². The first-order chi connectivity index (χ1) is 13.9. The average molecular weight is 433 g/mol. The van der Waals surface area contributed by atoms with Crippen molar-refractivity contribution in [2.75, 3.05) is 32.8 Å². The van der Waals surface area contributed by atoms with Gasteiger partial charge in [-0.3, -0.25) is 9.69 Å². The maximum atomic E-state index is 13.1. The van der Waals surface area contributed by atoms with Crippen LogP contribution in [0.1, 0.15) is 12.5 Å². The fraction of sp³-hybridized carbons (Fsp3) is 0.238. The van der Waals surface area contributed by atoms with Crippen LogP contribution in [0.2, 0.25) is 5.02 Å². The monoisotopic (exact) mass is 432 g/mol. The lowest BCUT2D eigenvalue weighted by Crippen LogP contribution is -2.31. The normalized spacial score (nSPS) is 15.3. The molecule has 1 saturated heterocycles. The molecule has 0 aliphatic carbocycles. The van der Waals surface area contributed by atoms with Gasteiger partial charge in [-0.05, 0) is 61.1 Å². The zero-order valence-electron chi connectivity index (χ0n) is 16.6. The number of rotatable bonds is 6. The minimum Gasteiger partial charge on any atom is -0.494 e. The SMILES string of the molecule is CCOc1ccc(N2C(=O)/C(=C/c3cc(OC)c(OC)cc3Cl)N(C)C2=S)cc1. The number of ether oxygens (including phenoxy) is 3. The Morgan fingerprint density at radius 1 is 1.10 bits per heavy atom. The molecule has 8 heteroatoms.